The molecule has 64 heavy (non-hydrogen) atoms. The molecular weight excluding hydrogens is 773 g/mol. The third-order valence-electron chi connectivity index (χ3n) is 13.9. The van der Waals surface area contributed by atoms with Gasteiger partial charge in [0, 0.05) is 38.3 Å². The van der Waals surface area contributed by atoms with Crippen molar-refractivity contribution in [2.24, 2.45) is 0 Å². The molecule has 2 heterocycles. The van der Waals surface area contributed by atoms with E-state index in [4.69, 9.17) is 0 Å². The smallest absolute Gasteiger partial charge is 0.0619 e. The van der Waals surface area contributed by atoms with Crippen molar-refractivity contribution in [2.45, 2.75) is 0 Å². The molecule has 296 valence electrons. The molecule has 0 fully saturated rings. The van der Waals surface area contributed by atoms with E-state index in [0.29, 0.717) is 0 Å². The quantitative estimate of drug-likeness (QED) is 0.164. The number of aromatic nitrogens is 2. The molecular formula is C62H38N2. The Morgan fingerprint density at radius 3 is 1.61 bits per heavy atom. The van der Waals surface area contributed by atoms with E-state index in [1.54, 1.807) is 0 Å². The van der Waals surface area contributed by atoms with Crippen molar-refractivity contribution >= 4 is 65.2 Å². The van der Waals surface area contributed by atoms with E-state index >= 15 is 0 Å². The van der Waals surface area contributed by atoms with Gasteiger partial charge in [0.25, 0.3) is 0 Å². The van der Waals surface area contributed by atoms with Gasteiger partial charge in [0.2, 0.25) is 0 Å². The third kappa shape index (κ3) is 5.08. The molecule has 14 rings (SSSR count). The van der Waals surface area contributed by atoms with Crippen LogP contribution in [0.4, 0.5) is 0 Å². The zero-order valence-corrected chi connectivity index (χ0v) is 34.8. The molecule has 2 aromatic heterocycles. The third-order valence-corrected chi connectivity index (χ3v) is 13.9. The maximum absolute atomic E-state index is 2.47. The number of rotatable bonds is 5. The van der Waals surface area contributed by atoms with Crippen molar-refractivity contribution in [3.8, 4) is 67.0 Å². The van der Waals surface area contributed by atoms with Crippen molar-refractivity contribution in [1.29, 1.82) is 0 Å². The van der Waals surface area contributed by atoms with Gasteiger partial charge in [-0.05, 0) is 126 Å². The molecule has 0 spiro atoms. The molecule has 0 amide bonds. The summed E-state index contributed by atoms with van der Waals surface area (Å²) >= 11 is 0. The first kappa shape index (κ1) is 35.2. The molecule has 0 atom stereocenters. The van der Waals surface area contributed by atoms with Crippen LogP contribution in [-0.4, -0.2) is 9.13 Å². The van der Waals surface area contributed by atoms with E-state index in [1.165, 1.54) is 121 Å². The molecule has 0 radical (unpaired) electrons. The molecule has 13 aromatic rings. The van der Waals surface area contributed by atoms with Crippen molar-refractivity contribution in [1.82, 2.24) is 9.13 Å². The monoisotopic (exact) mass is 810 g/mol. The van der Waals surface area contributed by atoms with Crippen LogP contribution in [0.2, 0.25) is 0 Å². The van der Waals surface area contributed by atoms with Crippen LogP contribution in [-0.2, 0) is 0 Å². The molecule has 0 N–H and O–H groups in total. The zero-order valence-electron chi connectivity index (χ0n) is 34.8. The number of fused-ring (bicyclic) bond motifs is 11. The summed E-state index contributed by atoms with van der Waals surface area (Å²) in [6, 6.07) is 85.2. The van der Waals surface area contributed by atoms with E-state index in [2.05, 4.69) is 240 Å². The van der Waals surface area contributed by atoms with Gasteiger partial charge in [0.05, 0.1) is 22.1 Å². The first-order valence-electron chi connectivity index (χ1n) is 22.2. The van der Waals surface area contributed by atoms with Gasteiger partial charge in [0.1, 0.15) is 0 Å². The maximum Gasteiger partial charge on any atom is 0.0619 e. The van der Waals surface area contributed by atoms with Crippen LogP contribution in [0.15, 0.2) is 231 Å². The second-order valence-corrected chi connectivity index (χ2v) is 17.2. The highest BCUT2D eigenvalue weighted by Crippen LogP contribution is 2.49. The first-order chi connectivity index (χ1) is 31.7. The number of hydrogen-bond donors (Lipinski definition) is 0. The van der Waals surface area contributed by atoms with Crippen LogP contribution < -0.4 is 0 Å². The first-order valence-corrected chi connectivity index (χ1v) is 22.2. The Morgan fingerprint density at radius 2 is 0.797 bits per heavy atom. The Hall–Kier alpha value is -8.46. The van der Waals surface area contributed by atoms with Gasteiger partial charge in [0.15, 0.2) is 0 Å². The maximum atomic E-state index is 2.47. The fourth-order valence-corrected chi connectivity index (χ4v) is 11.0. The summed E-state index contributed by atoms with van der Waals surface area (Å²) in [6.07, 6.45) is 0. The Labute approximate surface area is 370 Å². The molecule has 0 saturated carbocycles. The largest absolute Gasteiger partial charge is 0.309 e. The zero-order chi connectivity index (χ0) is 41.9. The lowest BCUT2D eigenvalue weighted by atomic mass is 9.94. The highest BCUT2D eigenvalue weighted by molar-refractivity contribution is 6.20. The second-order valence-electron chi connectivity index (χ2n) is 17.2. The number of para-hydroxylation sites is 1. The van der Waals surface area contributed by atoms with Crippen LogP contribution in [0.25, 0.3) is 132 Å². The summed E-state index contributed by atoms with van der Waals surface area (Å²) in [4.78, 5) is 0. The van der Waals surface area contributed by atoms with E-state index in [0.717, 1.165) is 11.4 Å². The summed E-state index contributed by atoms with van der Waals surface area (Å²) in [7, 11) is 0. The molecule has 0 bridgehead atoms. The predicted molar refractivity (Wildman–Crippen MR) is 271 cm³/mol. The Balaban J connectivity index is 0.890. The van der Waals surface area contributed by atoms with Crippen LogP contribution in [0.5, 0.6) is 0 Å². The van der Waals surface area contributed by atoms with Crippen molar-refractivity contribution in [3.05, 3.63) is 231 Å². The van der Waals surface area contributed by atoms with Crippen LogP contribution in [0.3, 0.4) is 0 Å². The fraction of sp³-hybridized carbons (Fsp3) is 0. The van der Waals surface area contributed by atoms with E-state index in [-0.39, 0.29) is 0 Å². The Kier molecular flexibility index (Phi) is 7.43. The molecule has 2 heteroatoms. The lowest BCUT2D eigenvalue weighted by Gasteiger charge is -2.12. The lowest BCUT2D eigenvalue weighted by molar-refractivity contribution is 1.18. The Bertz CT molecular complexity index is 4020. The van der Waals surface area contributed by atoms with Gasteiger partial charge >= 0.3 is 0 Å². The summed E-state index contributed by atoms with van der Waals surface area (Å²) in [6.45, 7) is 0. The number of benzene rings is 11. The highest BCUT2D eigenvalue weighted by Gasteiger charge is 2.23. The minimum Gasteiger partial charge on any atom is -0.309 e. The SMILES string of the molecule is c1ccc(-c2cccc(-n3c4ccc(-c5ccc6c(c5)c5ccccc5n6-c5ccc(-c6ccc7c8c(cccc68)-c6ccccc6-7)cc5)cc4c4ccc5ccccc5c43)c2)cc1. The van der Waals surface area contributed by atoms with E-state index < -0.39 is 0 Å². The van der Waals surface area contributed by atoms with Gasteiger partial charge in [-0.25, -0.2) is 0 Å². The minimum absolute atomic E-state index is 1.15. The molecule has 1 aliphatic carbocycles. The highest BCUT2D eigenvalue weighted by atomic mass is 15.0. The molecule has 0 saturated heterocycles. The summed E-state index contributed by atoms with van der Waals surface area (Å²) in [5, 5.41) is 10.1. The predicted octanol–water partition coefficient (Wildman–Crippen LogP) is 16.8. The molecule has 2 nitrogen and oxygen atoms in total. The molecule has 0 aliphatic heterocycles. The van der Waals surface area contributed by atoms with Gasteiger partial charge in [-0.3, -0.25) is 0 Å². The van der Waals surface area contributed by atoms with Gasteiger partial charge < -0.3 is 9.13 Å². The topological polar surface area (TPSA) is 9.86 Å². The standard InChI is InChI=1S/C62H38N2/c1-2-12-39(13-3-1)42-15-10-16-46(36-42)64-60-35-28-44(38-57(60)55-31-26-40-14-4-5-17-48(40)62(55)64)43-27-34-59-56(37-43)51-20-8-9-23-58(51)63(59)45-29-24-41(25-30-45)47-32-33-54-50-19-7-6-18-49(50)53-22-11-21-52(47)61(53)54/h1-38H. The minimum atomic E-state index is 1.15. The second kappa shape index (κ2) is 13.5. The van der Waals surface area contributed by atoms with Crippen LogP contribution >= 0.6 is 0 Å². The van der Waals surface area contributed by atoms with Gasteiger partial charge in [-0.2, -0.15) is 0 Å². The van der Waals surface area contributed by atoms with Crippen LogP contribution in [0, 0.1) is 0 Å². The van der Waals surface area contributed by atoms with Crippen LogP contribution in [0.1, 0.15) is 0 Å². The molecule has 0 unspecified atom stereocenters. The molecule has 11 aromatic carbocycles. The Morgan fingerprint density at radius 1 is 0.234 bits per heavy atom. The summed E-state index contributed by atoms with van der Waals surface area (Å²) in [5.41, 5.74) is 19.8. The lowest BCUT2D eigenvalue weighted by Crippen LogP contribution is -1.95. The normalized spacial score (nSPS) is 12.1. The van der Waals surface area contributed by atoms with E-state index in [1.807, 2.05) is 0 Å². The van der Waals surface area contributed by atoms with Crippen molar-refractivity contribution < 1.29 is 0 Å². The van der Waals surface area contributed by atoms with Gasteiger partial charge in [-0.1, -0.05) is 176 Å². The van der Waals surface area contributed by atoms with Gasteiger partial charge in [-0.15, -0.1) is 0 Å². The number of nitrogens with zero attached hydrogens (tertiary/aromatic N) is 2. The fourth-order valence-electron chi connectivity index (χ4n) is 11.0. The van der Waals surface area contributed by atoms with E-state index in [9.17, 15) is 0 Å². The average molecular weight is 811 g/mol. The summed E-state index contributed by atoms with van der Waals surface area (Å²) < 4.78 is 4.89. The van der Waals surface area contributed by atoms with Crippen molar-refractivity contribution in [2.75, 3.05) is 0 Å². The average Bonchev–Trinajstić information content (AvgIpc) is 4.01. The molecule has 1 aliphatic rings. The summed E-state index contributed by atoms with van der Waals surface area (Å²) in [5.74, 6) is 0. The van der Waals surface area contributed by atoms with Crippen molar-refractivity contribution in [3.63, 3.8) is 0 Å². The number of hydrogen-bond acceptors (Lipinski definition) is 0.